The van der Waals surface area contributed by atoms with Crippen LogP contribution in [0.4, 0.5) is 24.5 Å². The van der Waals surface area contributed by atoms with Crippen molar-refractivity contribution in [2.75, 3.05) is 25.1 Å². The summed E-state index contributed by atoms with van der Waals surface area (Å²) in [6.07, 6.45) is -1.16. The van der Waals surface area contributed by atoms with E-state index in [-0.39, 0.29) is 17.2 Å². The highest BCUT2D eigenvalue weighted by molar-refractivity contribution is 9.13. The van der Waals surface area contributed by atoms with Gasteiger partial charge in [-0.05, 0) is 69.0 Å². The predicted molar refractivity (Wildman–Crippen MR) is 110 cm³/mol. The van der Waals surface area contributed by atoms with Gasteiger partial charge in [0.15, 0.2) is 11.5 Å². The molecule has 0 radical (unpaired) electrons. The highest BCUT2D eigenvalue weighted by atomic mass is 79.9. The zero-order valence-electron chi connectivity index (χ0n) is 14.9. The van der Waals surface area contributed by atoms with E-state index in [0.29, 0.717) is 20.2 Å². The van der Waals surface area contributed by atoms with Crippen LogP contribution in [0.25, 0.3) is 0 Å². The number of hydrogen-bond acceptors (Lipinski definition) is 4. The molecule has 4 nitrogen and oxygen atoms in total. The molecule has 0 saturated carbocycles. The summed E-state index contributed by atoms with van der Waals surface area (Å²) in [6, 6.07) is 5.14. The second-order valence-corrected chi connectivity index (χ2v) is 7.94. The maximum atomic E-state index is 13.2. The summed E-state index contributed by atoms with van der Waals surface area (Å²) in [5, 5.41) is 10.4. The number of alkyl halides is 3. The molecular formula is C19H17Br2F3N2O2. The summed E-state index contributed by atoms with van der Waals surface area (Å²) in [5.74, 6) is 0.0661. The molecule has 1 N–H and O–H groups in total. The van der Waals surface area contributed by atoms with Crippen molar-refractivity contribution in [1.82, 2.24) is 0 Å². The number of ether oxygens (including phenoxy) is 1. The van der Waals surface area contributed by atoms with E-state index in [0.717, 1.165) is 38.1 Å². The Balaban J connectivity index is 2.09. The first kappa shape index (κ1) is 21.0. The highest BCUT2D eigenvalue weighted by Crippen LogP contribution is 2.41. The third-order valence-corrected chi connectivity index (χ3v) is 6.51. The molecule has 0 unspecified atom stereocenters. The molecule has 1 fully saturated rings. The molecule has 2 aromatic rings. The molecule has 9 heteroatoms. The summed E-state index contributed by atoms with van der Waals surface area (Å²) in [7, 11) is 1.41. The number of phenols is 1. The minimum absolute atomic E-state index is 0.156. The number of hydrogen-bond donors (Lipinski definition) is 1. The van der Waals surface area contributed by atoms with E-state index in [4.69, 9.17) is 4.74 Å². The van der Waals surface area contributed by atoms with Crippen molar-refractivity contribution < 1.29 is 23.0 Å². The van der Waals surface area contributed by atoms with Crippen molar-refractivity contribution in [2.45, 2.75) is 19.0 Å². The van der Waals surface area contributed by atoms with Gasteiger partial charge in [0, 0.05) is 28.2 Å². The van der Waals surface area contributed by atoms with Crippen LogP contribution in [0.1, 0.15) is 24.0 Å². The Labute approximate surface area is 177 Å². The van der Waals surface area contributed by atoms with E-state index in [9.17, 15) is 18.3 Å². The van der Waals surface area contributed by atoms with Gasteiger partial charge in [-0.1, -0.05) is 0 Å². The quantitative estimate of drug-likeness (QED) is 0.480. The van der Waals surface area contributed by atoms with Gasteiger partial charge in [0.05, 0.1) is 29.6 Å². The minimum Gasteiger partial charge on any atom is -0.504 e. The molecule has 0 aromatic heterocycles. The second-order valence-electron chi connectivity index (χ2n) is 6.29. The maximum absolute atomic E-state index is 13.2. The van der Waals surface area contributed by atoms with Gasteiger partial charge in [-0.25, -0.2) is 0 Å². The van der Waals surface area contributed by atoms with Crippen molar-refractivity contribution in [3.63, 3.8) is 0 Å². The van der Waals surface area contributed by atoms with Crippen LogP contribution in [0.2, 0.25) is 0 Å². The van der Waals surface area contributed by atoms with Crippen LogP contribution in [0, 0.1) is 0 Å². The van der Waals surface area contributed by atoms with Crippen LogP contribution in [0.5, 0.6) is 11.5 Å². The normalized spacial score (nSPS) is 14.9. The molecule has 0 spiro atoms. The molecule has 28 heavy (non-hydrogen) atoms. The standard InChI is InChI=1S/C19H17Br2F3N2O2/c1-28-16-9-13(20)17(21)12(18(16)27)10-25-14-8-11(19(22,23)24)4-5-15(14)26-6-2-3-7-26/h4-5,8-10,27H,2-3,6-7H2,1H3. The van der Waals surface area contributed by atoms with E-state index < -0.39 is 11.7 Å². The molecule has 0 atom stereocenters. The van der Waals surface area contributed by atoms with Crippen LogP contribution in [-0.4, -0.2) is 31.5 Å². The van der Waals surface area contributed by atoms with Crippen molar-refractivity contribution in [2.24, 2.45) is 4.99 Å². The first-order valence-electron chi connectivity index (χ1n) is 8.47. The molecule has 1 aliphatic heterocycles. The van der Waals surface area contributed by atoms with Crippen LogP contribution < -0.4 is 9.64 Å². The predicted octanol–water partition coefficient (Wildman–Crippen LogP) is 6.30. The smallest absolute Gasteiger partial charge is 0.416 e. The van der Waals surface area contributed by atoms with Gasteiger partial charge >= 0.3 is 6.18 Å². The number of nitrogens with zero attached hydrogens (tertiary/aromatic N) is 2. The Kier molecular flexibility index (Phi) is 6.24. The highest BCUT2D eigenvalue weighted by Gasteiger charge is 2.31. The van der Waals surface area contributed by atoms with Gasteiger partial charge < -0.3 is 14.7 Å². The van der Waals surface area contributed by atoms with Crippen molar-refractivity contribution >= 4 is 49.4 Å². The summed E-state index contributed by atoms with van der Waals surface area (Å²) in [4.78, 5) is 6.32. The number of rotatable bonds is 4. The lowest BCUT2D eigenvalue weighted by atomic mass is 10.1. The van der Waals surface area contributed by atoms with E-state index >= 15 is 0 Å². The summed E-state index contributed by atoms with van der Waals surface area (Å²) < 4.78 is 45.8. The third kappa shape index (κ3) is 4.30. The maximum Gasteiger partial charge on any atom is 0.416 e. The minimum atomic E-state index is -4.46. The van der Waals surface area contributed by atoms with Gasteiger partial charge in [0.25, 0.3) is 0 Å². The number of benzene rings is 2. The monoisotopic (exact) mass is 520 g/mol. The molecule has 150 valence electrons. The van der Waals surface area contributed by atoms with Gasteiger partial charge in [0.1, 0.15) is 0 Å². The lowest BCUT2D eigenvalue weighted by Gasteiger charge is -2.21. The van der Waals surface area contributed by atoms with E-state index in [1.54, 1.807) is 6.07 Å². The molecule has 1 saturated heterocycles. The topological polar surface area (TPSA) is 45.1 Å². The van der Waals surface area contributed by atoms with E-state index in [1.807, 2.05) is 4.90 Å². The molecule has 1 aliphatic rings. The fraction of sp³-hybridized carbons (Fsp3) is 0.316. The van der Waals surface area contributed by atoms with Crippen molar-refractivity contribution in [1.29, 1.82) is 0 Å². The number of phenolic OH excluding ortho intramolecular Hbond substituents is 1. The molecule has 0 bridgehead atoms. The Bertz CT molecular complexity index is 911. The average Bonchev–Trinajstić information content (AvgIpc) is 3.18. The van der Waals surface area contributed by atoms with Crippen LogP contribution in [0.15, 0.2) is 38.2 Å². The largest absolute Gasteiger partial charge is 0.504 e. The van der Waals surface area contributed by atoms with E-state index in [1.165, 1.54) is 19.4 Å². The summed E-state index contributed by atoms with van der Waals surface area (Å²) in [5.41, 5.74) is 0.370. The first-order chi connectivity index (χ1) is 13.2. The van der Waals surface area contributed by atoms with Gasteiger partial charge in [-0.15, -0.1) is 0 Å². The molecule has 3 rings (SSSR count). The Morgan fingerprint density at radius 1 is 1.18 bits per heavy atom. The number of aliphatic imine (C=N–C) groups is 1. The summed E-state index contributed by atoms with van der Waals surface area (Å²) >= 11 is 6.70. The fourth-order valence-corrected chi connectivity index (χ4v) is 3.87. The SMILES string of the molecule is COc1cc(Br)c(Br)c(C=Nc2cc(C(F)(F)F)ccc2N2CCCC2)c1O. The number of aromatic hydroxyl groups is 1. The van der Waals surface area contributed by atoms with Crippen molar-refractivity contribution in [3.05, 3.63) is 44.3 Å². The number of methoxy groups -OCH3 is 1. The first-order valence-corrected chi connectivity index (χ1v) is 10.1. The Morgan fingerprint density at radius 2 is 1.86 bits per heavy atom. The number of anilines is 1. The number of halogens is 5. The van der Waals surface area contributed by atoms with Crippen molar-refractivity contribution in [3.8, 4) is 11.5 Å². The van der Waals surface area contributed by atoms with Gasteiger partial charge in [-0.3, -0.25) is 4.99 Å². The zero-order valence-corrected chi connectivity index (χ0v) is 18.0. The van der Waals surface area contributed by atoms with E-state index in [2.05, 4.69) is 36.9 Å². The van der Waals surface area contributed by atoms with Crippen LogP contribution >= 0.6 is 31.9 Å². The third-order valence-electron chi connectivity index (χ3n) is 4.49. The Hall–Kier alpha value is -1.74. The Morgan fingerprint density at radius 3 is 2.46 bits per heavy atom. The average molecular weight is 522 g/mol. The lowest BCUT2D eigenvalue weighted by Crippen LogP contribution is -2.18. The zero-order chi connectivity index (χ0) is 20.5. The van der Waals surface area contributed by atoms with Gasteiger partial charge in [-0.2, -0.15) is 13.2 Å². The molecule has 1 heterocycles. The molecular weight excluding hydrogens is 505 g/mol. The van der Waals surface area contributed by atoms with Crippen LogP contribution in [-0.2, 0) is 6.18 Å². The molecule has 0 amide bonds. The summed E-state index contributed by atoms with van der Waals surface area (Å²) in [6.45, 7) is 1.54. The van der Waals surface area contributed by atoms with Gasteiger partial charge in [0.2, 0.25) is 0 Å². The fourth-order valence-electron chi connectivity index (χ4n) is 3.05. The van der Waals surface area contributed by atoms with Crippen LogP contribution in [0.3, 0.4) is 0 Å². The lowest BCUT2D eigenvalue weighted by molar-refractivity contribution is -0.137. The molecule has 2 aromatic carbocycles. The molecule has 0 aliphatic carbocycles. The second kappa shape index (κ2) is 8.32.